The third-order valence-corrected chi connectivity index (χ3v) is 7.46. The van der Waals surface area contributed by atoms with Crippen LogP contribution in [0.1, 0.15) is 30.6 Å². The SMILES string of the molecule is C/C=C1/CN2[C@H]3Cc4c(n(C)c5ccccc45)[C@@H]2C[C@@H]1C3(CO)C(=O)OC. The lowest BCUT2D eigenvalue weighted by Crippen LogP contribution is -2.69. The van der Waals surface area contributed by atoms with E-state index in [2.05, 4.69) is 46.9 Å². The van der Waals surface area contributed by atoms with Gasteiger partial charge in [-0.05, 0) is 31.4 Å². The Kier molecular flexibility index (Phi) is 3.59. The highest BCUT2D eigenvalue weighted by Gasteiger charge is 2.65. The number of para-hydroxylation sites is 1. The molecule has 142 valence electrons. The largest absolute Gasteiger partial charge is 0.468 e. The van der Waals surface area contributed by atoms with Crippen molar-refractivity contribution in [2.45, 2.75) is 31.8 Å². The summed E-state index contributed by atoms with van der Waals surface area (Å²) in [6, 6.07) is 8.77. The van der Waals surface area contributed by atoms with Crippen molar-refractivity contribution in [1.82, 2.24) is 9.47 Å². The zero-order valence-electron chi connectivity index (χ0n) is 16.1. The van der Waals surface area contributed by atoms with Crippen LogP contribution in [0.15, 0.2) is 35.9 Å². The molecule has 0 saturated carbocycles. The van der Waals surface area contributed by atoms with Gasteiger partial charge in [0.15, 0.2) is 0 Å². The fourth-order valence-corrected chi connectivity index (χ4v) is 6.27. The Morgan fingerprint density at radius 3 is 2.89 bits per heavy atom. The second kappa shape index (κ2) is 5.69. The van der Waals surface area contributed by atoms with E-state index in [1.165, 1.54) is 34.8 Å². The highest BCUT2D eigenvalue weighted by molar-refractivity contribution is 5.87. The molecule has 6 rings (SSSR count). The summed E-state index contributed by atoms with van der Waals surface area (Å²) in [7, 11) is 3.59. The molecule has 0 spiro atoms. The van der Waals surface area contributed by atoms with Gasteiger partial charge in [-0.3, -0.25) is 9.69 Å². The van der Waals surface area contributed by atoms with Crippen LogP contribution in [0.3, 0.4) is 0 Å². The summed E-state index contributed by atoms with van der Waals surface area (Å²) in [5.41, 5.74) is 4.34. The van der Waals surface area contributed by atoms with Gasteiger partial charge in [0.1, 0.15) is 5.41 Å². The molecule has 4 aliphatic heterocycles. The second-order valence-electron chi connectivity index (χ2n) is 8.19. The van der Waals surface area contributed by atoms with E-state index in [4.69, 9.17) is 4.74 Å². The number of carbonyl (C=O) groups is 1. The van der Waals surface area contributed by atoms with Gasteiger partial charge in [0, 0.05) is 42.1 Å². The normalized spacial score (nSPS) is 35.5. The van der Waals surface area contributed by atoms with E-state index in [0.717, 1.165) is 19.4 Å². The lowest BCUT2D eigenvalue weighted by atomic mass is 9.55. The van der Waals surface area contributed by atoms with Crippen molar-refractivity contribution in [2.24, 2.45) is 18.4 Å². The molecule has 3 saturated heterocycles. The number of piperidine rings is 3. The average molecular weight is 366 g/mol. The molecule has 1 N–H and O–H groups in total. The van der Waals surface area contributed by atoms with Crippen molar-refractivity contribution in [2.75, 3.05) is 20.3 Å². The summed E-state index contributed by atoms with van der Waals surface area (Å²) in [4.78, 5) is 15.5. The van der Waals surface area contributed by atoms with Crippen LogP contribution in [0.5, 0.6) is 0 Å². The van der Waals surface area contributed by atoms with Crippen LogP contribution < -0.4 is 0 Å². The van der Waals surface area contributed by atoms with Crippen molar-refractivity contribution in [3.8, 4) is 0 Å². The van der Waals surface area contributed by atoms with Gasteiger partial charge in [-0.25, -0.2) is 0 Å². The minimum absolute atomic E-state index is 0.0271. The first-order chi connectivity index (χ1) is 13.1. The first kappa shape index (κ1) is 17.0. The van der Waals surface area contributed by atoms with E-state index in [1.807, 2.05) is 6.92 Å². The quantitative estimate of drug-likeness (QED) is 0.656. The average Bonchev–Trinajstić information content (AvgIpc) is 3.00. The van der Waals surface area contributed by atoms with Crippen molar-refractivity contribution in [3.63, 3.8) is 0 Å². The van der Waals surface area contributed by atoms with Gasteiger partial charge in [-0.2, -0.15) is 0 Å². The maximum atomic E-state index is 13.0. The van der Waals surface area contributed by atoms with E-state index >= 15 is 0 Å². The number of esters is 1. The number of ether oxygens (including phenoxy) is 1. The summed E-state index contributed by atoms with van der Waals surface area (Å²) < 4.78 is 7.58. The minimum Gasteiger partial charge on any atom is -0.468 e. The number of aliphatic hydroxyl groups is 1. The lowest BCUT2D eigenvalue weighted by Gasteiger charge is -2.62. The van der Waals surface area contributed by atoms with Crippen LogP contribution in [0.25, 0.3) is 10.9 Å². The van der Waals surface area contributed by atoms with Crippen LogP contribution in [-0.4, -0.2) is 46.8 Å². The molecule has 4 aliphatic rings. The monoisotopic (exact) mass is 366 g/mol. The Balaban J connectivity index is 1.76. The zero-order chi connectivity index (χ0) is 18.9. The topological polar surface area (TPSA) is 54.7 Å². The van der Waals surface area contributed by atoms with Crippen molar-refractivity contribution in [3.05, 3.63) is 47.2 Å². The second-order valence-corrected chi connectivity index (χ2v) is 8.19. The first-order valence-corrected chi connectivity index (χ1v) is 9.74. The molecule has 3 fully saturated rings. The fourth-order valence-electron chi connectivity index (χ4n) is 6.27. The molecule has 5 heteroatoms. The Labute approximate surface area is 159 Å². The van der Waals surface area contributed by atoms with Gasteiger partial charge in [0.2, 0.25) is 0 Å². The summed E-state index contributed by atoms with van der Waals surface area (Å²) in [6.07, 6.45) is 3.75. The third-order valence-electron chi connectivity index (χ3n) is 7.46. The summed E-state index contributed by atoms with van der Waals surface area (Å²) in [5, 5.41) is 11.8. The number of aryl methyl sites for hydroxylation is 1. The number of hydrogen-bond donors (Lipinski definition) is 1. The molecular weight excluding hydrogens is 340 g/mol. The molecule has 5 nitrogen and oxygen atoms in total. The number of allylic oxidation sites excluding steroid dienone is 1. The molecule has 5 atom stereocenters. The molecule has 4 bridgehead atoms. The number of hydrogen-bond acceptors (Lipinski definition) is 4. The van der Waals surface area contributed by atoms with Crippen molar-refractivity contribution < 1.29 is 14.6 Å². The Bertz CT molecular complexity index is 975. The number of rotatable bonds is 2. The molecule has 2 aromatic rings. The minimum atomic E-state index is -0.875. The van der Waals surface area contributed by atoms with Gasteiger partial charge in [-0.1, -0.05) is 29.8 Å². The van der Waals surface area contributed by atoms with Crippen LogP contribution in [0.4, 0.5) is 0 Å². The molecule has 2 unspecified atom stereocenters. The highest BCUT2D eigenvalue weighted by Crippen LogP contribution is 2.60. The number of fused-ring (bicyclic) bond motifs is 4. The molecule has 0 aliphatic carbocycles. The lowest BCUT2D eigenvalue weighted by molar-refractivity contribution is -0.183. The molecule has 27 heavy (non-hydrogen) atoms. The highest BCUT2D eigenvalue weighted by atomic mass is 16.5. The number of carbonyl (C=O) groups excluding carboxylic acids is 1. The Morgan fingerprint density at radius 1 is 1.41 bits per heavy atom. The fraction of sp³-hybridized carbons (Fsp3) is 0.500. The van der Waals surface area contributed by atoms with E-state index in [9.17, 15) is 9.90 Å². The predicted molar refractivity (Wildman–Crippen MR) is 103 cm³/mol. The van der Waals surface area contributed by atoms with Crippen LogP contribution in [0.2, 0.25) is 0 Å². The standard InChI is InChI=1S/C22H26N2O3/c1-4-13-11-24-18-10-16(13)22(12-25,21(26)27-3)19(24)9-15-14-7-5-6-8-17(14)23(2)20(15)18/h4-8,16,18-19,25H,9-12H2,1-3H3/b13-4-/t16-,18-,19-,22?/m0/s1. The number of methoxy groups -OCH3 is 1. The van der Waals surface area contributed by atoms with Gasteiger partial charge < -0.3 is 14.4 Å². The van der Waals surface area contributed by atoms with E-state index in [1.54, 1.807) is 0 Å². The molecule has 0 radical (unpaired) electrons. The van der Waals surface area contributed by atoms with Crippen LogP contribution in [-0.2, 0) is 23.0 Å². The molecule has 1 aromatic carbocycles. The number of aromatic nitrogens is 1. The van der Waals surface area contributed by atoms with E-state index < -0.39 is 5.41 Å². The zero-order valence-corrected chi connectivity index (χ0v) is 16.1. The predicted octanol–water partition coefficient (Wildman–Crippen LogP) is 2.58. The van der Waals surface area contributed by atoms with Gasteiger partial charge in [-0.15, -0.1) is 0 Å². The Morgan fingerprint density at radius 2 is 2.19 bits per heavy atom. The van der Waals surface area contributed by atoms with E-state index in [0.29, 0.717) is 0 Å². The van der Waals surface area contributed by atoms with Gasteiger partial charge in [0.25, 0.3) is 0 Å². The summed E-state index contributed by atoms with van der Waals surface area (Å²) >= 11 is 0. The molecule has 0 amide bonds. The van der Waals surface area contributed by atoms with Crippen molar-refractivity contribution >= 4 is 16.9 Å². The van der Waals surface area contributed by atoms with Gasteiger partial charge in [0.05, 0.1) is 19.8 Å². The van der Waals surface area contributed by atoms with Gasteiger partial charge >= 0.3 is 5.97 Å². The Hall–Kier alpha value is -2.11. The maximum Gasteiger partial charge on any atom is 0.316 e. The number of nitrogens with zero attached hydrogens (tertiary/aromatic N) is 2. The summed E-state index contributed by atoms with van der Waals surface area (Å²) in [5.74, 6) is -0.239. The smallest absolute Gasteiger partial charge is 0.316 e. The molecule has 5 heterocycles. The maximum absolute atomic E-state index is 13.0. The van der Waals surface area contributed by atoms with E-state index in [-0.39, 0.29) is 30.6 Å². The molecule has 1 aromatic heterocycles. The van der Waals surface area contributed by atoms with Crippen LogP contribution >= 0.6 is 0 Å². The third kappa shape index (κ3) is 1.89. The number of aliphatic hydroxyl groups excluding tert-OH is 1. The van der Waals surface area contributed by atoms with Crippen LogP contribution in [0, 0.1) is 11.3 Å². The first-order valence-electron chi connectivity index (χ1n) is 9.74. The van der Waals surface area contributed by atoms with Crippen molar-refractivity contribution in [1.29, 1.82) is 0 Å². The summed E-state index contributed by atoms with van der Waals surface area (Å²) in [6.45, 7) is 2.74. The molecular formula is C22H26N2O3. The number of benzene rings is 1.